The van der Waals surface area contributed by atoms with Gasteiger partial charge in [0.15, 0.2) is 0 Å². The Kier molecular flexibility index (Phi) is 5.53. The topological polar surface area (TPSA) is 75.4 Å². The van der Waals surface area contributed by atoms with Crippen molar-refractivity contribution in [1.29, 1.82) is 0 Å². The van der Waals surface area contributed by atoms with Crippen LogP contribution in [-0.4, -0.2) is 34.3 Å². The fourth-order valence-electron chi connectivity index (χ4n) is 3.66. The fourth-order valence-corrected chi connectivity index (χ4v) is 3.82. The Morgan fingerprint density at radius 3 is 3.00 bits per heavy atom. The summed E-state index contributed by atoms with van der Waals surface area (Å²) in [5, 5.41) is 4.44. The first-order chi connectivity index (χ1) is 14.0. The molecule has 1 aliphatic rings. The van der Waals surface area contributed by atoms with Gasteiger partial charge >= 0.3 is 0 Å². The van der Waals surface area contributed by atoms with Crippen LogP contribution in [0.5, 0.6) is 0 Å². The lowest BCUT2D eigenvalue weighted by Gasteiger charge is -2.26. The molecular weight excluding hydrogens is 390 g/mol. The van der Waals surface area contributed by atoms with E-state index in [9.17, 15) is 9.59 Å². The summed E-state index contributed by atoms with van der Waals surface area (Å²) in [6.45, 7) is 2.82. The van der Waals surface area contributed by atoms with Crippen LogP contribution < -0.4 is 5.32 Å². The molecule has 0 unspecified atom stereocenters. The van der Waals surface area contributed by atoms with Crippen molar-refractivity contribution in [2.24, 2.45) is 0 Å². The number of aromatic nitrogens is 1. The highest BCUT2D eigenvalue weighted by molar-refractivity contribution is 6.32. The van der Waals surface area contributed by atoms with Crippen molar-refractivity contribution in [2.45, 2.75) is 38.8 Å². The first-order valence-electron chi connectivity index (χ1n) is 9.62. The molecule has 7 heteroatoms. The van der Waals surface area contributed by atoms with E-state index < -0.39 is 0 Å². The third-order valence-electron chi connectivity index (χ3n) is 5.25. The quantitative estimate of drug-likeness (QED) is 0.672. The van der Waals surface area contributed by atoms with E-state index in [1.54, 1.807) is 23.6 Å². The van der Waals surface area contributed by atoms with Gasteiger partial charge < -0.3 is 14.6 Å². The summed E-state index contributed by atoms with van der Waals surface area (Å²) in [7, 11) is 0. The third-order valence-corrected chi connectivity index (χ3v) is 5.66. The second-order valence-corrected chi connectivity index (χ2v) is 7.88. The van der Waals surface area contributed by atoms with Crippen molar-refractivity contribution in [1.82, 2.24) is 15.2 Å². The molecule has 4 rings (SSSR count). The predicted octanol–water partition coefficient (Wildman–Crippen LogP) is 3.64. The second-order valence-electron chi connectivity index (χ2n) is 7.47. The van der Waals surface area contributed by atoms with Gasteiger partial charge in [-0.3, -0.25) is 14.6 Å². The molecule has 1 N–H and O–H groups in total. The van der Waals surface area contributed by atoms with Gasteiger partial charge in [0.25, 0.3) is 0 Å². The number of hydrogen-bond acceptors (Lipinski definition) is 4. The fraction of sp³-hybridized carbons (Fsp3) is 0.318. The lowest BCUT2D eigenvalue weighted by Crippen LogP contribution is -2.42. The van der Waals surface area contributed by atoms with Crippen molar-refractivity contribution in [2.75, 3.05) is 6.54 Å². The third kappa shape index (κ3) is 4.43. The summed E-state index contributed by atoms with van der Waals surface area (Å²) in [6, 6.07) is 7.49. The van der Waals surface area contributed by atoms with Crippen LogP contribution in [0.1, 0.15) is 29.5 Å². The summed E-state index contributed by atoms with van der Waals surface area (Å²) in [5.41, 5.74) is 3.40. The summed E-state index contributed by atoms with van der Waals surface area (Å²) in [6.07, 6.45) is 6.52. The average Bonchev–Trinajstić information content (AvgIpc) is 3.28. The largest absolute Gasteiger partial charge is 0.464 e. The monoisotopic (exact) mass is 411 g/mol. The standard InChI is InChI=1S/C22H22ClN3O3/c1-14-7-20-18(9-19(14)23)16(13-29-20)8-22(28)26(11-15-3-2-6-24-10-15)12-17-4-5-21(27)25-17/h2-3,6-7,9-10,13,17H,4-5,8,11-12H2,1H3,(H,25,27)/t17-/m0/s1. The number of amides is 2. The molecule has 2 aromatic heterocycles. The number of hydrogen-bond donors (Lipinski definition) is 1. The van der Waals surface area contributed by atoms with E-state index in [4.69, 9.17) is 16.0 Å². The molecule has 3 heterocycles. The number of carbonyl (C=O) groups excluding carboxylic acids is 2. The molecular formula is C22H22ClN3O3. The maximum Gasteiger partial charge on any atom is 0.227 e. The molecule has 1 aromatic carbocycles. The second kappa shape index (κ2) is 8.25. The van der Waals surface area contributed by atoms with Gasteiger partial charge in [0.2, 0.25) is 11.8 Å². The molecule has 0 radical (unpaired) electrons. The number of halogens is 1. The SMILES string of the molecule is Cc1cc2occ(CC(=O)N(Cc3cccnc3)C[C@@H]3CCC(=O)N3)c2cc1Cl. The van der Waals surface area contributed by atoms with Crippen molar-refractivity contribution in [3.8, 4) is 0 Å². The van der Waals surface area contributed by atoms with E-state index in [1.165, 1.54) is 0 Å². The zero-order valence-corrected chi connectivity index (χ0v) is 16.9. The maximum absolute atomic E-state index is 13.2. The Morgan fingerprint density at radius 1 is 1.41 bits per heavy atom. The van der Waals surface area contributed by atoms with E-state index >= 15 is 0 Å². The van der Waals surface area contributed by atoms with Crippen molar-refractivity contribution in [3.05, 3.63) is 64.6 Å². The highest BCUT2D eigenvalue weighted by Gasteiger charge is 2.26. The van der Waals surface area contributed by atoms with Crippen LogP contribution in [0.3, 0.4) is 0 Å². The van der Waals surface area contributed by atoms with Gasteiger partial charge in [-0.05, 0) is 42.7 Å². The molecule has 1 saturated heterocycles. The Bertz CT molecular complexity index is 1050. The van der Waals surface area contributed by atoms with Crippen LogP contribution in [0.2, 0.25) is 5.02 Å². The highest BCUT2D eigenvalue weighted by atomic mass is 35.5. The van der Waals surface area contributed by atoms with Crippen LogP contribution in [0.25, 0.3) is 11.0 Å². The van der Waals surface area contributed by atoms with Gasteiger partial charge in [-0.2, -0.15) is 0 Å². The first-order valence-corrected chi connectivity index (χ1v) is 9.99. The number of carbonyl (C=O) groups is 2. The van der Waals surface area contributed by atoms with Crippen LogP contribution in [0.4, 0.5) is 0 Å². The molecule has 1 fully saturated rings. The predicted molar refractivity (Wildman–Crippen MR) is 110 cm³/mol. The summed E-state index contributed by atoms with van der Waals surface area (Å²) in [5.74, 6) is 0.00372. The van der Waals surface area contributed by atoms with Crippen LogP contribution >= 0.6 is 11.6 Å². The summed E-state index contributed by atoms with van der Waals surface area (Å²) < 4.78 is 5.63. The molecule has 0 bridgehead atoms. The lowest BCUT2D eigenvalue weighted by atomic mass is 10.1. The summed E-state index contributed by atoms with van der Waals surface area (Å²) in [4.78, 5) is 30.7. The zero-order valence-electron chi connectivity index (χ0n) is 16.2. The maximum atomic E-state index is 13.2. The number of furan rings is 1. The van der Waals surface area contributed by atoms with Gasteiger partial charge in [-0.25, -0.2) is 0 Å². The van der Waals surface area contributed by atoms with Gasteiger partial charge in [-0.1, -0.05) is 17.7 Å². The smallest absolute Gasteiger partial charge is 0.227 e. The number of fused-ring (bicyclic) bond motifs is 1. The highest BCUT2D eigenvalue weighted by Crippen LogP contribution is 2.28. The molecule has 2 amide bonds. The van der Waals surface area contributed by atoms with E-state index in [2.05, 4.69) is 10.3 Å². The molecule has 1 atom stereocenters. The lowest BCUT2D eigenvalue weighted by molar-refractivity contribution is -0.131. The molecule has 0 spiro atoms. The normalized spacial score (nSPS) is 16.2. The van der Waals surface area contributed by atoms with Crippen molar-refractivity contribution in [3.63, 3.8) is 0 Å². The van der Waals surface area contributed by atoms with E-state index in [1.807, 2.05) is 31.2 Å². The number of pyridine rings is 1. The minimum Gasteiger partial charge on any atom is -0.464 e. The molecule has 0 saturated carbocycles. The van der Waals surface area contributed by atoms with Crippen molar-refractivity contribution < 1.29 is 14.0 Å². The minimum absolute atomic E-state index is 0.0266. The number of benzene rings is 1. The molecule has 29 heavy (non-hydrogen) atoms. The number of nitrogens with one attached hydrogen (secondary N) is 1. The van der Waals surface area contributed by atoms with Crippen LogP contribution in [0.15, 0.2) is 47.3 Å². The molecule has 0 aliphatic carbocycles. The molecule has 1 aliphatic heterocycles. The molecule has 150 valence electrons. The summed E-state index contributed by atoms with van der Waals surface area (Å²) >= 11 is 6.27. The average molecular weight is 412 g/mol. The van der Waals surface area contributed by atoms with E-state index in [0.717, 1.165) is 34.1 Å². The number of aryl methyl sites for hydroxylation is 1. The van der Waals surface area contributed by atoms with Gasteiger partial charge in [0, 0.05) is 53.9 Å². The van der Waals surface area contributed by atoms with Gasteiger partial charge in [-0.15, -0.1) is 0 Å². The van der Waals surface area contributed by atoms with Crippen molar-refractivity contribution >= 4 is 34.4 Å². The number of nitrogens with zero attached hydrogens (tertiary/aromatic N) is 2. The zero-order chi connectivity index (χ0) is 20.4. The Labute approximate surface area is 173 Å². The minimum atomic E-state index is -0.0330. The van der Waals surface area contributed by atoms with Gasteiger partial charge in [0.05, 0.1) is 12.7 Å². The first kappa shape index (κ1) is 19.5. The van der Waals surface area contributed by atoms with Crippen LogP contribution in [-0.2, 0) is 22.6 Å². The number of rotatable bonds is 6. The van der Waals surface area contributed by atoms with Gasteiger partial charge in [0.1, 0.15) is 5.58 Å². The Hall–Kier alpha value is -2.86. The Morgan fingerprint density at radius 2 is 2.28 bits per heavy atom. The van der Waals surface area contributed by atoms with E-state index in [-0.39, 0.29) is 24.3 Å². The molecule has 3 aromatic rings. The van der Waals surface area contributed by atoms with E-state index in [0.29, 0.717) is 24.5 Å². The Balaban J connectivity index is 1.55. The van der Waals surface area contributed by atoms with Crippen LogP contribution in [0, 0.1) is 6.92 Å². The molecule has 6 nitrogen and oxygen atoms in total.